The van der Waals surface area contributed by atoms with Gasteiger partial charge in [-0.2, -0.15) is 0 Å². The van der Waals surface area contributed by atoms with E-state index in [2.05, 4.69) is 26.0 Å². The van der Waals surface area contributed by atoms with Crippen LogP contribution in [0, 0.1) is 5.92 Å². The summed E-state index contributed by atoms with van der Waals surface area (Å²) in [5, 5.41) is 32.4. The highest BCUT2D eigenvalue weighted by Gasteiger charge is 2.31. The van der Waals surface area contributed by atoms with Crippen LogP contribution in [0.1, 0.15) is 104 Å². The first-order chi connectivity index (χ1) is 25.4. The number of carbonyl (C=O) groups excluding carboxylic acids is 4. The Bertz CT molecular complexity index is 1440. The van der Waals surface area contributed by atoms with Gasteiger partial charge in [-0.3, -0.25) is 9.59 Å². The van der Waals surface area contributed by atoms with Gasteiger partial charge in [0.25, 0.3) is 0 Å². The van der Waals surface area contributed by atoms with Crippen LogP contribution in [-0.4, -0.2) is 115 Å². The molecule has 1 aliphatic carbocycles. The Labute approximate surface area is 321 Å². The number of sulfonamides is 1. The number of amides is 5. The molecule has 16 heteroatoms. The van der Waals surface area contributed by atoms with Gasteiger partial charge in [0.15, 0.2) is 0 Å². The van der Waals surface area contributed by atoms with Crippen LogP contribution in [0.4, 0.5) is 9.59 Å². The molecule has 1 aromatic carbocycles. The number of alkyl carbamates (subject to hydrolysis) is 1. The molecule has 15 nitrogen and oxygen atoms in total. The van der Waals surface area contributed by atoms with E-state index in [0.29, 0.717) is 38.3 Å². The van der Waals surface area contributed by atoms with Crippen molar-refractivity contribution in [1.29, 1.82) is 0 Å². The molecule has 1 heterocycles. The van der Waals surface area contributed by atoms with Gasteiger partial charge >= 0.3 is 12.1 Å². The molecule has 2 aliphatic rings. The van der Waals surface area contributed by atoms with Gasteiger partial charge in [-0.25, -0.2) is 22.7 Å². The summed E-state index contributed by atoms with van der Waals surface area (Å²) in [5.41, 5.74) is 0.225. The van der Waals surface area contributed by atoms with E-state index >= 15 is 0 Å². The van der Waals surface area contributed by atoms with E-state index in [1.807, 2.05) is 30.3 Å². The fourth-order valence-electron chi connectivity index (χ4n) is 6.70. The second-order valence-electron chi connectivity index (χ2n) is 16.0. The van der Waals surface area contributed by atoms with Crippen molar-refractivity contribution < 1.29 is 42.5 Å². The van der Waals surface area contributed by atoms with E-state index in [-0.39, 0.29) is 38.4 Å². The lowest BCUT2D eigenvalue weighted by Gasteiger charge is -2.33. The van der Waals surface area contributed by atoms with Gasteiger partial charge in [0.1, 0.15) is 11.6 Å². The normalized spacial score (nSPS) is 18.3. The number of ether oxygens (including phenoxy) is 1. The molecule has 1 aromatic rings. The number of benzene rings is 1. The number of hydrogen-bond acceptors (Lipinski definition) is 9. The summed E-state index contributed by atoms with van der Waals surface area (Å²) in [4.78, 5) is 53.8. The maximum Gasteiger partial charge on any atom is 0.407 e. The van der Waals surface area contributed by atoms with Crippen molar-refractivity contribution in [3.63, 3.8) is 0 Å². The largest absolute Gasteiger partial charge is 0.444 e. The van der Waals surface area contributed by atoms with E-state index in [9.17, 15) is 37.8 Å². The van der Waals surface area contributed by atoms with Gasteiger partial charge < -0.3 is 41.1 Å². The molecule has 306 valence electrons. The number of likely N-dealkylation sites (tertiary alicyclic amines) is 1. The van der Waals surface area contributed by atoms with Crippen LogP contribution >= 0.6 is 0 Å². The quantitative estimate of drug-likeness (QED) is 0.116. The number of nitrogens with zero attached hydrogens (tertiary/aromatic N) is 1. The molecule has 54 heavy (non-hydrogen) atoms. The smallest absolute Gasteiger partial charge is 0.407 e. The van der Waals surface area contributed by atoms with Crippen molar-refractivity contribution in [2.24, 2.45) is 5.92 Å². The summed E-state index contributed by atoms with van der Waals surface area (Å²) in [6, 6.07) is 7.15. The van der Waals surface area contributed by atoms with Crippen molar-refractivity contribution in [2.45, 2.75) is 146 Å². The lowest BCUT2D eigenvalue weighted by molar-refractivity contribution is -0.124. The highest BCUT2D eigenvalue weighted by molar-refractivity contribution is 7.90. The maximum atomic E-state index is 13.5. The predicted octanol–water partition coefficient (Wildman–Crippen LogP) is 2.70. The minimum atomic E-state index is -3.59. The van der Waals surface area contributed by atoms with Crippen LogP contribution in [0.15, 0.2) is 30.3 Å². The molecule has 2 fully saturated rings. The summed E-state index contributed by atoms with van der Waals surface area (Å²) >= 11 is 0. The number of aliphatic hydroxyl groups excluding tert-OH is 2. The van der Waals surface area contributed by atoms with Crippen LogP contribution in [0.2, 0.25) is 0 Å². The molecule has 1 saturated heterocycles. The molecule has 0 bridgehead atoms. The average molecular weight is 781 g/mol. The Kier molecular flexibility index (Phi) is 17.9. The number of urea groups is 1. The maximum absolute atomic E-state index is 13.5. The summed E-state index contributed by atoms with van der Waals surface area (Å²) < 4.78 is 32.0. The molecule has 5 amide bonds. The third-order valence-corrected chi connectivity index (χ3v) is 11.6. The Morgan fingerprint density at radius 2 is 1.59 bits per heavy atom. The molecule has 7 N–H and O–H groups in total. The van der Waals surface area contributed by atoms with E-state index in [4.69, 9.17) is 4.74 Å². The van der Waals surface area contributed by atoms with Crippen molar-refractivity contribution in [1.82, 2.24) is 30.9 Å². The van der Waals surface area contributed by atoms with E-state index in [1.54, 1.807) is 25.7 Å². The molecule has 1 aliphatic heterocycles. The summed E-state index contributed by atoms with van der Waals surface area (Å²) in [6.45, 7) is 8.92. The molecule has 3 rings (SSSR count). The van der Waals surface area contributed by atoms with Gasteiger partial charge in [0.05, 0.1) is 23.5 Å². The van der Waals surface area contributed by atoms with Gasteiger partial charge in [-0.05, 0) is 65.4 Å². The Morgan fingerprint density at radius 3 is 2.20 bits per heavy atom. The highest BCUT2D eigenvalue weighted by Crippen LogP contribution is 2.28. The van der Waals surface area contributed by atoms with Crippen LogP contribution in [0.3, 0.4) is 0 Å². The Hall–Kier alpha value is -3.47. The first-order valence-electron chi connectivity index (χ1n) is 19.4. The Morgan fingerprint density at radius 1 is 0.944 bits per heavy atom. The molecule has 0 unspecified atom stereocenters. The van der Waals surface area contributed by atoms with E-state index in [1.165, 1.54) is 13.8 Å². The van der Waals surface area contributed by atoms with Crippen LogP contribution in [-0.2, 0) is 30.8 Å². The van der Waals surface area contributed by atoms with Crippen molar-refractivity contribution in [3.8, 4) is 0 Å². The Balaban J connectivity index is 1.55. The van der Waals surface area contributed by atoms with Crippen molar-refractivity contribution in [2.75, 3.05) is 26.2 Å². The number of aliphatic hydroxyl groups is 2. The number of hydrogen-bond donors (Lipinski definition) is 7. The molecular weight excluding hydrogens is 717 g/mol. The lowest BCUT2D eigenvalue weighted by atomic mass is 9.83. The number of carbonyl (C=O) groups is 4. The number of nitrogens with one attached hydrogen (secondary N) is 5. The zero-order valence-electron chi connectivity index (χ0n) is 32.6. The number of piperidine rings is 1. The molecule has 0 aromatic heterocycles. The van der Waals surface area contributed by atoms with Gasteiger partial charge in [-0.1, -0.05) is 62.4 Å². The standard InChI is InChI=1S/C38H64N6O9S/c1-26(2)54(51,52)40-25-30(45)24-33(46)31(22-27-12-8-6-9-13-27)42-34(47)16-19-39-35(48)32(23-28-14-10-7-11-15-28)43-36(49)44-20-17-29(18-21-44)41-37(50)53-38(3,4)5/h7,10-11,14-15,26-27,29-33,40,45-46H,6,8-9,12-13,16-25H2,1-5H3,(H,39,48)(H,41,50)(H,42,47)(H,43,49)/t30-,31-,32-,33-/m0/s1. The van der Waals surface area contributed by atoms with Crippen LogP contribution in [0.25, 0.3) is 0 Å². The summed E-state index contributed by atoms with van der Waals surface area (Å²) in [5.74, 6) is -0.548. The minimum absolute atomic E-state index is 0.0145. The van der Waals surface area contributed by atoms with E-state index in [0.717, 1.165) is 37.7 Å². The average Bonchev–Trinajstić information content (AvgIpc) is 3.10. The second kappa shape index (κ2) is 21.6. The molecule has 0 radical (unpaired) electrons. The summed E-state index contributed by atoms with van der Waals surface area (Å²) in [7, 11) is -3.59. The fraction of sp³-hybridized carbons (Fsp3) is 0.737. The lowest BCUT2D eigenvalue weighted by Crippen LogP contribution is -2.55. The second-order valence-corrected chi connectivity index (χ2v) is 18.3. The van der Waals surface area contributed by atoms with Crippen molar-refractivity contribution in [3.05, 3.63) is 35.9 Å². The molecule has 0 spiro atoms. The van der Waals surface area contributed by atoms with Crippen LogP contribution < -0.4 is 26.0 Å². The SMILES string of the molecule is CC(C)S(=O)(=O)NC[C@@H](O)C[C@H](O)[C@H](CC1CCCCC1)NC(=O)CCNC(=O)[C@H](Cc1ccccc1)NC(=O)N1CCC(NC(=O)OC(C)(C)C)CC1. The molecule has 4 atom stereocenters. The monoisotopic (exact) mass is 780 g/mol. The fourth-order valence-corrected chi connectivity index (χ4v) is 7.46. The first kappa shape index (κ1) is 44.9. The number of rotatable bonds is 18. The zero-order valence-corrected chi connectivity index (χ0v) is 33.5. The minimum Gasteiger partial charge on any atom is -0.444 e. The van der Waals surface area contributed by atoms with Gasteiger partial charge in [0.2, 0.25) is 21.8 Å². The highest BCUT2D eigenvalue weighted by atomic mass is 32.2. The zero-order chi connectivity index (χ0) is 39.9. The van der Waals surface area contributed by atoms with Gasteiger partial charge in [-0.15, -0.1) is 0 Å². The molecule has 1 saturated carbocycles. The molecular formula is C38H64N6O9S. The first-order valence-corrected chi connectivity index (χ1v) is 21.0. The van der Waals surface area contributed by atoms with Gasteiger partial charge in [0, 0.05) is 51.5 Å². The summed E-state index contributed by atoms with van der Waals surface area (Å²) in [6.07, 6.45) is 4.04. The third kappa shape index (κ3) is 16.5. The third-order valence-electron chi connectivity index (χ3n) is 9.83. The van der Waals surface area contributed by atoms with Crippen LogP contribution in [0.5, 0.6) is 0 Å². The van der Waals surface area contributed by atoms with Crippen molar-refractivity contribution >= 4 is 34.0 Å². The topological polar surface area (TPSA) is 216 Å². The predicted molar refractivity (Wildman–Crippen MR) is 206 cm³/mol. The van der Waals surface area contributed by atoms with E-state index < -0.39 is 69.1 Å².